The van der Waals surface area contributed by atoms with Gasteiger partial charge in [-0.05, 0) is 29.4 Å². The van der Waals surface area contributed by atoms with Crippen molar-refractivity contribution in [2.24, 2.45) is 5.92 Å². The van der Waals surface area contributed by atoms with Crippen LogP contribution in [-0.2, 0) is 4.79 Å². The summed E-state index contributed by atoms with van der Waals surface area (Å²) in [6, 6.07) is 8.64. The van der Waals surface area contributed by atoms with E-state index in [4.69, 9.17) is 0 Å². The average molecular weight is 308 g/mol. The van der Waals surface area contributed by atoms with E-state index in [1.54, 1.807) is 24.3 Å². The number of carboxylic acids is 1. The molecule has 2 atom stereocenters. The number of nitrogens with one attached hydrogen (secondary N) is 2. The molecule has 0 saturated carbocycles. The van der Waals surface area contributed by atoms with Crippen LogP contribution in [0.5, 0.6) is 0 Å². The quantitative estimate of drug-likeness (QED) is 0.750. The minimum Gasteiger partial charge on any atom is -0.481 e. The van der Waals surface area contributed by atoms with E-state index >= 15 is 0 Å². The third-order valence-corrected chi connectivity index (χ3v) is 4.77. The zero-order chi connectivity index (χ0) is 15.1. The lowest BCUT2D eigenvalue weighted by Crippen LogP contribution is -2.41. The number of amides is 2. The van der Waals surface area contributed by atoms with Gasteiger partial charge in [0.25, 0.3) is 0 Å². The van der Waals surface area contributed by atoms with Crippen LogP contribution in [0.25, 0.3) is 0 Å². The molecule has 1 aromatic rings. The first-order chi connectivity index (χ1) is 10.2. The van der Waals surface area contributed by atoms with E-state index in [-0.39, 0.29) is 12.6 Å². The average Bonchev–Trinajstić information content (AvgIpc) is 2.99. The monoisotopic (exact) mass is 308 g/mol. The van der Waals surface area contributed by atoms with Crippen molar-refractivity contribution in [2.75, 3.05) is 24.6 Å². The molecule has 2 amide bonds. The lowest BCUT2D eigenvalue weighted by Gasteiger charge is -2.15. The number of rotatable bonds is 6. The molecule has 0 aliphatic carbocycles. The Bertz CT molecular complexity index is 475. The standard InChI is InChI=1S/C15H20N2O3S/c18-14(19)13(12-4-2-1-3-5-12)9-17-15(20)16-8-11-6-7-21-10-11/h1-5,11,13H,6-10H2,(H,18,19)(H2,16,17,20). The molecule has 114 valence electrons. The van der Waals surface area contributed by atoms with Crippen LogP contribution in [0.3, 0.4) is 0 Å². The van der Waals surface area contributed by atoms with Gasteiger partial charge < -0.3 is 15.7 Å². The highest BCUT2D eigenvalue weighted by Crippen LogP contribution is 2.22. The van der Waals surface area contributed by atoms with Crippen LogP contribution in [-0.4, -0.2) is 41.7 Å². The molecule has 1 saturated heterocycles. The number of benzene rings is 1. The fraction of sp³-hybridized carbons (Fsp3) is 0.467. The Labute approximate surface area is 128 Å². The van der Waals surface area contributed by atoms with Crippen molar-refractivity contribution in [1.29, 1.82) is 0 Å². The fourth-order valence-electron chi connectivity index (χ4n) is 2.27. The first-order valence-electron chi connectivity index (χ1n) is 7.04. The lowest BCUT2D eigenvalue weighted by atomic mass is 9.99. The van der Waals surface area contributed by atoms with Crippen molar-refractivity contribution in [3.8, 4) is 0 Å². The van der Waals surface area contributed by atoms with Crippen molar-refractivity contribution >= 4 is 23.8 Å². The Morgan fingerprint density at radius 1 is 1.29 bits per heavy atom. The highest BCUT2D eigenvalue weighted by Gasteiger charge is 2.21. The predicted octanol–water partition coefficient (Wildman–Crippen LogP) is 1.91. The van der Waals surface area contributed by atoms with Gasteiger partial charge in [0, 0.05) is 13.1 Å². The molecule has 0 spiro atoms. The molecule has 6 heteroatoms. The molecule has 0 bridgehead atoms. The number of hydrogen-bond donors (Lipinski definition) is 3. The van der Waals surface area contributed by atoms with Crippen molar-refractivity contribution in [3.63, 3.8) is 0 Å². The summed E-state index contributed by atoms with van der Waals surface area (Å²) in [6.45, 7) is 0.743. The second-order valence-electron chi connectivity index (χ2n) is 5.12. The van der Waals surface area contributed by atoms with Crippen molar-refractivity contribution in [1.82, 2.24) is 10.6 Å². The molecular formula is C15H20N2O3S. The number of hydrogen-bond acceptors (Lipinski definition) is 3. The van der Waals surface area contributed by atoms with E-state index in [0.29, 0.717) is 18.0 Å². The summed E-state index contributed by atoms with van der Waals surface area (Å²) in [4.78, 5) is 23.0. The van der Waals surface area contributed by atoms with Gasteiger partial charge in [-0.15, -0.1) is 0 Å². The molecule has 21 heavy (non-hydrogen) atoms. The molecular weight excluding hydrogens is 288 g/mol. The number of thioether (sulfide) groups is 1. The third-order valence-electron chi connectivity index (χ3n) is 3.54. The van der Waals surface area contributed by atoms with Crippen LogP contribution in [0, 0.1) is 5.92 Å². The normalized spacial score (nSPS) is 19.0. The van der Waals surface area contributed by atoms with Gasteiger partial charge in [-0.2, -0.15) is 11.8 Å². The molecule has 1 aromatic carbocycles. The van der Waals surface area contributed by atoms with E-state index < -0.39 is 11.9 Å². The van der Waals surface area contributed by atoms with Gasteiger partial charge in [-0.1, -0.05) is 30.3 Å². The SMILES string of the molecule is O=C(NCC1CCSC1)NCC(C(=O)O)c1ccccc1. The minimum atomic E-state index is -0.936. The molecule has 1 fully saturated rings. The van der Waals surface area contributed by atoms with E-state index in [9.17, 15) is 14.7 Å². The summed E-state index contributed by atoms with van der Waals surface area (Å²) in [5.74, 6) is 1.11. The molecule has 2 unspecified atom stereocenters. The maximum absolute atomic E-state index is 11.7. The largest absolute Gasteiger partial charge is 0.481 e. The molecule has 2 rings (SSSR count). The Kier molecular flexibility index (Phi) is 5.92. The Balaban J connectivity index is 1.78. The predicted molar refractivity (Wildman–Crippen MR) is 83.7 cm³/mol. The fourth-order valence-corrected chi connectivity index (χ4v) is 3.56. The smallest absolute Gasteiger partial charge is 0.314 e. The lowest BCUT2D eigenvalue weighted by molar-refractivity contribution is -0.138. The van der Waals surface area contributed by atoms with Gasteiger partial charge in [0.1, 0.15) is 0 Å². The summed E-state index contributed by atoms with van der Waals surface area (Å²) in [5, 5.41) is 14.7. The van der Waals surface area contributed by atoms with Crippen LogP contribution in [0.4, 0.5) is 4.79 Å². The van der Waals surface area contributed by atoms with E-state index in [0.717, 1.165) is 17.9 Å². The van der Waals surface area contributed by atoms with Crippen LogP contribution in [0.15, 0.2) is 30.3 Å². The minimum absolute atomic E-state index is 0.0879. The first-order valence-corrected chi connectivity index (χ1v) is 8.19. The topological polar surface area (TPSA) is 78.4 Å². The number of carbonyl (C=O) groups is 2. The van der Waals surface area contributed by atoms with Gasteiger partial charge in [0.15, 0.2) is 0 Å². The summed E-state index contributed by atoms with van der Waals surface area (Å²) in [6.07, 6.45) is 1.13. The van der Waals surface area contributed by atoms with Crippen LogP contribution in [0.2, 0.25) is 0 Å². The zero-order valence-corrected chi connectivity index (χ0v) is 12.6. The van der Waals surface area contributed by atoms with Gasteiger partial charge in [-0.25, -0.2) is 4.79 Å². The van der Waals surface area contributed by atoms with Crippen LogP contribution in [0.1, 0.15) is 17.9 Å². The maximum Gasteiger partial charge on any atom is 0.314 e. The van der Waals surface area contributed by atoms with Crippen LogP contribution >= 0.6 is 11.8 Å². The number of urea groups is 1. The molecule has 1 heterocycles. The molecule has 5 nitrogen and oxygen atoms in total. The van der Waals surface area contributed by atoms with Gasteiger partial charge in [-0.3, -0.25) is 4.79 Å². The Hall–Kier alpha value is -1.69. The summed E-state index contributed by atoms with van der Waals surface area (Å²) in [5.41, 5.74) is 0.692. The molecule has 3 N–H and O–H groups in total. The van der Waals surface area contributed by atoms with E-state index in [1.807, 2.05) is 17.8 Å². The van der Waals surface area contributed by atoms with Gasteiger partial charge in [0.05, 0.1) is 5.92 Å². The second-order valence-corrected chi connectivity index (χ2v) is 6.27. The highest BCUT2D eigenvalue weighted by atomic mass is 32.2. The zero-order valence-electron chi connectivity index (χ0n) is 11.7. The molecule has 1 aliphatic rings. The highest BCUT2D eigenvalue weighted by molar-refractivity contribution is 7.99. The number of aliphatic carboxylic acids is 1. The van der Waals surface area contributed by atoms with Crippen molar-refractivity contribution in [3.05, 3.63) is 35.9 Å². The summed E-state index contributed by atoms with van der Waals surface area (Å²) >= 11 is 1.90. The summed E-state index contributed by atoms with van der Waals surface area (Å²) in [7, 11) is 0. The molecule has 0 radical (unpaired) electrons. The van der Waals surface area contributed by atoms with E-state index in [1.165, 1.54) is 0 Å². The third kappa shape index (κ3) is 4.97. The maximum atomic E-state index is 11.7. The Morgan fingerprint density at radius 3 is 2.67 bits per heavy atom. The van der Waals surface area contributed by atoms with Gasteiger partial charge in [0.2, 0.25) is 0 Å². The van der Waals surface area contributed by atoms with E-state index in [2.05, 4.69) is 10.6 Å². The first kappa shape index (κ1) is 15.7. The van der Waals surface area contributed by atoms with Crippen LogP contribution < -0.4 is 10.6 Å². The van der Waals surface area contributed by atoms with Gasteiger partial charge >= 0.3 is 12.0 Å². The molecule has 1 aliphatic heterocycles. The second kappa shape index (κ2) is 7.93. The van der Waals surface area contributed by atoms with Crippen molar-refractivity contribution in [2.45, 2.75) is 12.3 Å². The number of carboxylic acid groups (broad SMARTS) is 1. The summed E-state index contributed by atoms with van der Waals surface area (Å²) < 4.78 is 0. The Morgan fingerprint density at radius 2 is 2.05 bits per heavy atom. The molecule has 0 aromatic heterocycles. The number of carbonyl (C=O) groups excluding carboxylic acids is 1. The van der Waals surface area contributed by atoms with Crippen molar-refractivity contribution < 1.29 is 14.7 Å².